The average Bonchev–Trinajstić information content (AvgIpc) is 2.10. The summed E-state index contributed by atoms with van der Waals surface area (Å²) in [7, 11) is 0. The van der Waals surface area contributed by atoms with Gasteiger partial charge in [-0.05, 0) is 31.8 Å². The van der Waals surface area contributed by atoms with Crippen LogP contribution in [0.15, 0.2) is 0 Å². The van der Waals surface area contributed by atoms with Crippen molar-refractivity contribution in [2.24, 2.45) is 11.8 Å². The lowest BCUT2D eigenvalue weighted by molar-refractivity contribution is -0.123. The second-order valence-electron chi connectivity index (χ2n) is 4.24. The van der Waals surface area contributed by atoms with Gasteiger partial charge >= 0.3 is 0 Å². The molecule has 1 saturated heterocycles. The fourth-order valence-corrected chi connectivity index (χ4v) is 1.37. The van der Waals surface area contributed by atoms with Crippen LogP contribution in [-0.4, -0.2) is 36.8 Å². The molecule has 0 aliphatic carbocycles. The predicted molar refractivity (Wildman–Crippen MR) is 54.8 cm³/mol. The topological polar surface area (TPSA) is 61.4 Å². The Morgan fingerprint density at radius 2 is 2.21 bits per heavy atom. The van der Waals surface area contributed by atoms with Crippen molar-refractivity contribution < 1.29 is 9.90 Å². The van der Waals surface area contributed by atoms with Crippen molar-refractivity contribution in [2.45, 2.75) is 26.3 Å². The van der Waals surface area contributed by atoms with Gasteiger partial charge in [-0.15, -0.1) is 0 Å². The summed E-state index contributed by atoms with van der Waals surface area (Å²) >= 11 is 0. The van der Waals surface area contributed by atoms with E-state index in [0.29, 0.717) is 12.3 Å². The Bertz CT molecular complexity index is 193. The second kappa shape index (κ2) is 5.32. The zero-order valence-electron chi connectivity index (χ0n) is 8.92. The highest BCUT2D eigenvalue weighted by molar-refractivity contribution is 5.76. The van der Waals surface area contributed by atoms with Crippen LogP contribution in [0.3, 0.4) is 0 Å². The van der Waals surface area contributed by atoms with E-state index in [-0.39, 0.29) is 24.5 Å². The number of aliphatic hydroxyl groups is 1. The highest BCUT2D eigenvalue weighted by Gasteiger charge is 2.21. The van der Waals surface area contributed by atoms with Crippen molar-refractivity contribution in [2.75, 3.05) is 19.7 Å². The van der Waals surface area contributed by atoms with Crippen LogP contribution in [-0.2, 0) is 4.79 Å². The molecule has 1 amide bonds. The van der Waals surface area contributed by atoms with Crippen molar-refractivity contribution >= 4 is 5.91 Å². The maximum atomic E-state index is 11.5. The normalized spacial score (nSPS) is 21.1. The zero-order chi connectivity index (χ0) is 10.6. The summed E-state index contributed by atoms with van der Waals surface area (Å²) in [6.07, 6.45) is 0.607. The van der Waals surface area contributed by atoms with E-state index < -0.39 is 0 Å². The molecule has 4 heteroatoms. The lowest BCUT2D eigenvalue weighted by atomic mass is 9.98. The molecule has 1 aliphatic rings. The SMILES string of the molecule is CC(CO)C(C)NC(=O)CC1CNC1. The third kappa shape index (κ3) is 3.27. The monoisotopic (exact) mass is 200 g/mol. The average molecular weight is 200 g/mol. The molecule has 0 spiro atoms. The maximum Gasteiger partial charge on any atom is 0.220 e. The van der Waals surface area contributed by atoms with E-state index in [2.05, 4.69) is 10.6 Å². The highest BCUT2D eigenvalue weighted by Crippen LogP contribution is 2.08. The summed E-state index contributed by atoms with van der Waals surface area (Å²) in [4.78, 5) is 11.5. The Morgan fingerprint density at radius 3 is 2.64 bits per heavy atom. The Hall–Kier alpha value is -0.610. The molecule has 4 nitrogen and oxygen atoms in total. The molecular formula is C10H20N2O2. The van der Waals surface area contributed by atoms with Gasteiger partial charge in [0, 0.05) is 19.1 Å². The minimum atomic E-state index is 0.0561. The van der Waals surface area contributed by atoms with Crippen molar-refractivity contribution in [1.29, 1.82) is 0 Å². The van der Waals surface area contributed by atoms with E-state index in [9.17, 15) is 4.79 Å². The third-order valence-corrected chi connectivity index (χ3v) is 2.87. The molecule has 0 radical (unpaired) electrons. The number of nitrogens with one attached hydrogen (secondary N) is 2. The first-order chi connectivity index (χ1) is 6.63. The Labute approximate surface area is 85.1 Å². The third-order valence-electron chi connectivity index (χ3n) is 2.87. The predicted octanol–water partition coefficient (Wildman–Crippen LogP) is -0.271. The Morgan fingerprint density at radius 1 is 1.57 bits per heavy atom. The van der Waals surface area contributed by atoms with Crippen LogP contribution in [0.2, 0.25) is 0 Å². The first-order valence-corrected chi connectivity index (χ1v) is 5.24. The molecule has 3 N–H and O–H groups in total. The van der Waals surface area contributed by atoms with Crippen LogP contribution >= 0.6 is 0 Å². The number of carbonyl (C=O) groups excluding carboxylic acids is 1. The van der Waals surface area contributed by atoms with E-state index in [1.54, 1.807) is 0 Å². The summed E-state index contributed by atoms with van der Waals surface area (Å²) in [6.45, 7) is 5.88. The summed E-state index contributed by atoms with van der Waals surface area (Å²) in [5, 5.41) is 14.9. The van der Waals surface area contributed by atoms with Gasteiger partial charge in [-0.3, -0.25) is 4.79 Å². The lowest BCUT2D eigenvalue weighted by Gasteiger charge is -2.27. The van der Waals surface area contributed by atoms with Crippen LogP contribution in [0, 0.1) is 11.8 Å². The number of carbonyl (C=O) groups is 1. The number of hydrogen-bond donors (Lipinski definition) is 3. The molecule has 0 aromatic heterocycles. The Kier molecular flexibility index (Phi) is 4.35. The van der Waals surface area contributed by atoms with Crippen LogP contribution in [0.25, 0.3) is 0 Å². The Balaban J connectivity index is 2.18. The van der Waals surface area contributed by atoms with Gasteiger partial charge in [-0.25, -0.2) is 0 Å². The van der Waals surface area contributed by atoms with Crippen LogP contribution in [0.5, 0.6) is 0 Å². The summed E-state index contributed by atoms with van der Waals surface area (Å²) in [5.74, 6) is 0.731. The number of aliphatic hydroxyl groups excluding tert-OH is 1. The molecule has 0 saturated carbocycles. The molecule has 82 valence electrons. The van der Waals surface area contributed by atoms with E-state index in [0.717, 1.165) is 13.1 Å². The quantitative estimate of drug-likeness (QED) is 0.572. The van der Waals surface area contributed by atoms with Gasteiger partial charge < -0.3 is 15.7 Å². The molecule has 0 aromatic carbocycles. The number of rotatable bonds is 5. The number of amides is 1. The molecule has 0 bridgehead atoms. The molecular weight excluding hydrogens is 180 g/mol. The summed E-state index contributed by atoms with van der Waals surface area (Å²) in [6, 6.07) is 0.0561. The molecule has 0 aromatic rings. The molecule has 1 fully saturated rings. The fraction of sp³-hybridized carbons (Fsp3) is 0.900. The molecule has 1 aliphatic heterocycles. The molecule has 2 unspecified atom stereocenters. The highest BCUT2D eigenvalue weighted by atomic mass is 16.3. The van der Waals surface area contributed by atoms with Crippen molar-refractivity contribution in [1.82, 2.24) is 10.6 Å². The lowest BCUT2D eigenvalue weighted by Crippen LogP contribution is -2.46. The molecule has 2 atom stereocenters. The summed E-state index contributed by atoms with van der Waals surface area (Å²) in [5.41, 5.74) is 0. The van der Waals surface area contributed by atoms with Crippen molar-refractivity contribution in [3.63, 3.8) is 0 Å². The van der Waals surface area contributed by atoms with Crippen molar-refractivity contribution in [3.8, 4) is 0 Å². The standard InChI is InChI=1S/C10H20N2O2/c1-7(6-13)8(2)12-10(14)3-9-4-11-5-9/h7-9,11,13H,3-6H2,1-2H3,(H,12,14). The zero-order valence-corrected chi connectivity index (χ0v) is 8.92. The first-order valence-electron chi connectivity index (χ1n) is 5.24. The minimum absolute atomic E-state index is 0.0561. The van der Waals surface area contributed by atoms with E-state index in [1.165, 1.54) is 0 Å². The van der Waals surface area contributed by atoms with Gasteiger partial charge in [-0.1, -0.05) is 6.92 Å². The molecule has 1 heterocycles. The fourth-order valence-electron chi connectivity index (χ4n) is 1.37. The van der Waals surface area contributed by atoms with Gasteiger partial charge in [-0.2, -0.15) is 0 Å². The van der Waals surface area contributed by atoms with Crippen LogP contribution < -0.4 is 10.6 Å². The molecule has 14 heavy (non-hydrogen) atoms. The van der Waals surface area contributed by atoms with Gasteiger partial charge in [0.2, 0.25) is 5.91 Å². The van der Waals surface area contributed by atoms with E-state index >= 15 is 0 Å². The number of hydrogen-bond acceptors (Lipinski definition) is 3. The van der Waals surface area contributed by atoms with Crippen LogP contribution in [0.4, 0.5) is 0 Å². The first kappa shape index (κ1) is 11.5. The van der Waals surface area contributed by atoms with Gasteiger partial charge in [0.25, 0.3) is 0 Å². The second-order valence-corrected chi connectivity index (χ2v) is 4.24. The van der Waals surface area contributed by atoms with E-state index in [1.807, 2.05) is 13.8 Å². The van der Waals surface area contributed by atoms with Gasteiger partial charge in [0.05, 0.1) is 0 Å². The smallest absolute Gasteiger partial charge is 0.220 e. The minimum Gasteiger partial charge on any atom is -0.396 e. The van der Waals surface area contributed by atoms with Gasteiger partial charge in [0.1, 0.15) is 0 Å². The van der Waals surface area contributed by atoms with Crippen LogP contribution in [0.1, 0.15) is 20.3 Å². The maximum absolute atomic E-state index is 11.5. The largest absolute Gasteiger partial charge is 0.396 e. The van der Waals surface area contributed by atoms with E-state index in [4.69, 9.17) is 5.11 Å². The van der Waals surface area contributed by atoms with Gasteiger partial charge in [0.15, 0.2) is 0 Å². The molecule has 1 rings (SSSR count). The summed E-state index contributed by atoms with van der Waals surface area (Å²) < 4.78 is 0. The van der Waals surface area contributed by atoms with Crippen molar-refractivity contribution in [3.05, 3.63) is 0 Å².